The van der Waals surface area contributed by atoms with Crippen LogP contribution in [0, 0.1) is 30.6 Å². The molecule has 0 aliphatic carbocycles. The van der Waals surface area contributed by atoms with Gasteiger partial charge in [0.25, 0.3) is 5.91 Å². The van der Waals surface area contributed by atoms with Crippen LogP contribution in [0.1, 0.15) is 39.9 Å². The van der Waals surface area contributed by atoms with Crippen LogP contribution in [0.5, 0.6) is 0 Å². The number of carbonyl (C=O) groups is 2. The van der Waals surface area contributed by atoms with Crippen LogP contribution in [-0.4, -0.2) is 41.2 Å². The molecule has 0 saturated heterocycles. The number of amides is 2. The number of benzene rings is 1. The molecule has 0 spiro atoms. The second-order valence-corrected chi connectivity index (χ2v) is 6.26. The molecule has 1 aromatic carbocycles. The summed E-state index contributed by atoms with van der Waals surface area (Å²) in [5.41, 5.74) is 1.81. The van der Waals surface area contributed by atoms with Crippen molar-refractivity contribution in [3.8, 4) is 23.7 Å². The van der Waals surface area contributed by atoms with Crippen molar-refractivity contribution in [1.29, 1.82) is 0 Å². The molecule has 29 heavy (non-hydrogen) atoms. The zero-order chi connectivity index (χ0) is 21.4. The Labute approximate surface area is 169 Å². The molecule has 150 valence electrons. The predicted molar refractivity (Wildman–Crippen MR) is 107 cm³/mol. The zero-order valence-corrected chi connectivity index (χ0v) is 16.4. The summed E-state index contributed by atoms with van der Waals surface area (Å²) in [4.78, 5) is 24.0. The number of aliphatic hydroxyl groups is 2. The van der Waals surface area contributed by atoms with E-state index in [-0.39, 0.29) is 6.61 Å². The summed E-state index contributed by atoms with van der Waals surface area (Å²) < 4.78 is 5.35. The fraction of sp³-hybridized carbons (Fsp3) is 0.273. The van der Waals surface area contributed by atoms with E-state index in [1.165, 1.54) is 14.0 Å². The number of nitrogens with one attached hydrogen (secondary N) is 2. The normalized spacial score (nSPS) is 11.9. The third kappa shape index (κ3) is 5.98. The molecule has 0 fully saturated rings. The van der Waals surface area contributed by atoms with Gasteiger partial charge in [-0.1, -0.05) is 5.92 Å². The van der Waals surface area contributed by atoms with E-state index in [9.17, 15) is 14.7 Å². The van der Waals surface area contributed by atoms with Crippen molar-refractivity contribution < 1.29 is 24.2 Å². The maximum atomic E-state index is 12.3. The Morgan fingerprint density at radius 1 is 1.17 bits per heavy atom. The Bertz CT molecular complexity index is 998. The molecular weight excluding hydrogens is 372 g/mol. The highest BCUT2D eigenvalue weighted by molar-refractivity contribution is 5.97. The molecule has 0 saturated carbocycles. The van der Waals surface area contributed by atoms with E-state index in [2.05, 4.69) is 34.3 Å². The lowest BCUT2D eigenvalue weighted by Crippen LogP contribution is -2.51. The molecule has 0 aliphatic rings. The van der Waals surface area contributed by atoms with Crippen LogP contribution in [0.2, 0.25) is 0 Å². The standard InChI is InChI=1S/C22H22N2O5/c1-14-12-18(29-19(14)13-25)7-5-4-6-16-8-10-17(11-9-16)21(27)24-20(15(2)26)22(28)23-3/h8-12,15,20,25-26H,13H2,1-3H3,(H,23,28)(H,24,27)/t15-,20+/m1/s1. The maximum absolute atomic E-state index is 12.3. The first-order valence-electron chi connectivity index (χ1n) is 8.88. The SMILES string of the molecule is CNC(=O)[C@@H](NC(=O)c1ccc(C#CC#Cc2cc(C)c(CO)o2)cc1)[C@@H](C)O. The van der Waals surface area contributed by atoms with E-state index >= 15 is 0 Å². The Morgan fingerprint density at radius 2 is 1.83 bits per heavy atom. The summed E-state index contributed by atoms with van der Waals surface area (Å²) in [5.74, 6) is 10.9. The molecule has 0 unspecified atom stereocenters. The number of likely N-dealkylation sites (N-methyl/N-ethyl adjacent to an activating group) is 1. The third-order valence-electron chi connectivity index (χ3n) is 4.06. The first kappa shape index (κ1) is 21.8. The van der Waals surface area contributed by atoms with Gasteiger partial charge in [0.05, 0.1) is 6.10 Å². The van der Waals surface area contributed by atoms with Crippen molar-refractivity contribution in [2.75, 3.05) is 7.05 Å². The highest BCUT2D eigenvalue weighted by Gasteiger charge is 2.24. The van der Waals surface area contributed by atoms with Crippen molar-refractivity contribution in [3.05, 3.63) is 58.5 Å². The van der Waals surface area contributed by atoms with Crippen molar-refractivity contribution >= 4 is 11.8 Å². The highest BCUT2D eigenvalue weighted by Crippen LogP contribution is 2.13. The van der Waals surface area contributed by atoms with Crippen LogP contribution in [0.3, 0.4) is 0 Å². The van der Waals surface area contributed by atoms with E-state index in [0.717, 1.165) is 5.56 Å². The number of hydrogen-bond donors (Lipinski definition) is 4. The molecule has 1 heterocycles. The van der Waals surface area contributed by atoms with Crippen molar-refractivity contribution in [2.45, 2.75) is 32.6 Å². The summed E-state index contributed by atoms with van der Waals surface area (Å²) in [6.07, 6.45) is -1.03. The summed E-state index contributed by atoms with van der Waals surface area (Å²) >= 11 is 0. The van der Waals surface area contributed by atoms with Crippen molar-refractivity contribution in [3.63, 3.8) is 0 Å². The van der Waals surface area contributed by atoms with Gasteiger partial charge in [0.15, 0.2) is 5.76 Å². The second kappa shape index (κ2) is 10.1. The smallest absolute Gasteiger partial charge is 0.252 e. The minimum absolute atomic E-state index is 0.180. The minimum atomic E-state index is -1.04. The molecule has 0 aliphatic heterocycles. The monoisotopic (exact) mass is 394 g/mol. The van der Waals surface area contributed by atoms with Gasteiger partial charge >= 0.3 is 0 Å². The van der Waals surface area contributed by atoms with Gasteiger partial charge in [-0.3, -0.25) is 9.59 Å². The van der Waals surface area contributed by atoms with Gasteiger partial charge in [0.2, 0.25) is 5.91 Å². The molecule has 0 radical (unpaired) electrons. The van der Waals surface area contributed by atoms with E-state index in [4.69, 9.17) is 9.52 Å². The predicted octanol–water partition coefficient (Wildman–Crippen LogP) is 0.709. The van der Waals surface area contributed by atoms with E-state index in [0.29, 0.717) is 22.6 Å². The highest BCUT2D eigenvalue weighted by atomic mass is 16.4. The number of hydrogen-bond acceptors (Lipinski definition) is 5. The average Bonchev–Trinajstić information content (AvgIpc) is 3.08. The maximum Gasteiger partial charge on any atom is 0.252 e. The largest absolute Gasteiger partial charge is 0.450 e. The molecule has 2 atom stereocenters. The molecular formula is C22H22N2O5. The van der Waals surface area contributed by atoms with Gasteiger partial charge in [-0.15, -0.1) is 0 Å². The summed E-state index contributed by atoms with van der Waals surface area (Å²) in [7, 11) is 1.43. The summed E-state index contributed by atoms with van der Waals surface area (Å²) in [6.45, 7) is 3.07. The van der Waals surface area contributed by atoms with Crippen LogP contribution in [0.25, 0.3) is 0 Å². The summed E-state index contributed by atoms with van der Waals surface area (Å²) in [5, 5.41) is 23.7. The van der Waals surface area contributed by atoms with Gasteiger partial charge in [0.1, 0.15) is 18.4 Å². The lowest BCUT2D eigenvalue weighted by molar-refractivity contribution is -0.124. The number of aryl methyl sites for hydroxylation is 1. The lowest BCUT2D eigenvalue weighted by atomic mass is 10.1. The van der Waals surface area contributed by atoms with Crippen molar-refractivity contribution in [2.24, 2.45) is 0 Å². The molecule has 7 heteroatoms. The topological polar surface area (TPSA) is 112 Å². The average molecular weight is 394 g/mol. The first-order chi connectivity index (χ1) is 13.8. The molecule has 4 N–H and O–H groups in total. The molecule has 2 amide bonds. The Hall–Kier alpha value is -3.52. The van der Waals surface area contributed by atoms with Gasteiger partial charge in [-0.25, -0.2) is 0 Å². The quantitative estimate of drug-likeness (QED) is 0.558. The Balaban J connectivity index is 2.04. The molecule has 2 rings (SSSR count). The summed E-state index contributed by atoms with van der Waals surface area (Å²) in [6, 6.07) is 7.13. The molecule has 7 nitrogen and oxygen atoms in total. The minimum Gasteiger partial charge on any atom is -0.450 e. The first-order valence-corrected chi connectivity index (χ1v) is 8.88. The second-order valence-electron chi connectivity index (χ2n) is 6.26. The molecule has 0 bridgehead atoms. The fourth-order valence-corrected chi connectivity index (χ4v) is 2.42. The van der Waals surface area contributed by atoms with E-state index in [1.54, 1.807) is 30.3 Å². The molecule has 2 aromatic rings. The van der Waals surface area contributed by atoms with Gasteiger partial charge < -0.3 is 25.3 Å². The van der Waals surface area contributed by atoms with E-state index in [1.807, 2.05) is 6.92 Å². The lowest BCUT2D eigenvalue weighted by Gasteiger charge is -2.19. The zero-order valence-electron chi connectivity index (χ0n) is 16.4. The van der Waals surface area contributed by atoms with Crippen LogP contribution in [-0.2, 0) is 11.4 Å². The number of rotatable bonds is 5. The van der Waals surface area contributed by atoms with E-state index < -0.39 is 24.0 Å². The number of furan rings is 1. The Kier molecular flexibility index (Phi) is 7.62. The van der Waals surface area contributed by atoms with Crippen LogP contribution in [0.4, 0.5) is 0 Å². The van der Waals surface area contributed by atoms with Crippen LogP contribution in [0.15, 0.2) is 34.7 Å². The number of carbonyl (C=O) groups excluding carboxylic acids is 2. The van der Waals surface area contributed by atoms with Crippen LogP contribution >= 0.6 is 0 Å². The van der Waals surface area contributed by atoms with Gasteiger partial charge in [0, 0.05) is 18.2 Å². The van der Waals surface area contributed by atoms with Gasteiger partial charge in [-0.2, -0.15) is 0 Å². The van der Waals surface area contributed by atoms with Crippen LogP contribution < -0.4 is 10.6 Å². The Morgan fingerprint density at radius 3 is 2.38 bits per heavy atom. The van der Waals surface area contributed by atoms with Crippen molar-refractivity contribution in [1.82, 2.24) is 10.6 Å². The van der Waals surface area contributed by atoms with Gasteiger partial charge in [-0.05, 0) is 67.5 Å². The third-order valence-corrected chi connectivity index (χ3v) is 4.06. The molecule has 1 aromatic heterocycles. The number of aliphatic hydroxyl groups excluding tert-OH is 2. The fourth-order valence-electron chi connectivity index (χ4n) is 2.42.